The molecule has 0 spiro atoms. The van der Waals surface area contributed by atoms with Crippen LogP contribution in [0.3, 0.4) is 0 Å². The Balaban J connectivity index is 1.55. The van der Waals surface area contributed by atoms with Gasteiger partial charge in [-0.25, -0.2) is 0 Å². The summed E-state index contributed by atoms with van der Waals surface area (Å²) in [5.74, 6) is 2.71. The number of nitrogens with zero attached hydrogens (tertiary/aromatic N) is 3. The van der Waals surface area contributed by atoms with Crippen LogP contribution in [0.4, 0.5) is 0 Å². The van der Waals surface area contributed by atoms with E-state index in [4.69, 9.17) is 32.4 Å². The molecule has 0 atom stereocenters. The molecule has 120 valence electrons. The molecule has 0 saturated heterocycles. The molecule has 0 aliphatic heterocycles. The molecule has 3 aromatic rings. The second-order valence-corrected chi connectivity index (χ2v) is 6.52. The van der Waals surface area contributed by atoms with E-state index in [0.717, 1.165) is 5.16 Å². The van der Waals surface area contributed by atoms with Crippen molar-refractivity contribution in [2.75, 3.05) is 12.4 Å². The van der Waals surface area contributed by atoms with Gasteiger partial charge >= 0.3 is 0 Å². The van der Waals surface area contributed by atoms with Gasteiger partial charge in [0, 0.05) is 17.8 Å². The van der Waals surface area contributed by atoms with Crippen LogP contribution in [0.5, 0.6) is 5.75 Å². The molecule has 0 bridgehead atoms. The first-order chi connectivity index (χ1) is 11.1. The van der Waals surface area contributed by atoms with Crippen molar-refractivity contribution in [3.05, 3.63) is 46.6 Å². The number of thioether (sulfide) groups is 1. The van der Waals surface area contributed by atoms with E-state index >= 15 is 0 Å². The van der Waals surface area contributed by atoms with E-state index in [-0.39, 0.29) is 0 Å². The summed E-state index contributed by atoms with van der Waals surface area (Å²) in [6, 6.07) is 8.83. The van der Waals surface area contributed by atoms with Gasteiger partial charge in [0.1, 0.15) is 5.75 Å². The minimum absolute atomic E-state index is 0.495. The summed E-state index contributed by atoms with van der Waals surface area (Å²) < 4.78 is 12.9. The van der Waals surface area contributed by atoms with Crippen LogP contribution in [0.15, 0.2) is 46.2 Å². The molecule has 0 aliphatic carbocycles. The van der Waals surface area contributed by atoms with Crippen LogP contribution in [-0.4, -0.2) is 27.1 Å². The molecule has 0 aliphatic rings. The molecule has 0 fully saturated rings. The van der Waals surface area contributed by atoms with Gasteiger partial charge in [-0.05, 0) is 30.3 Å². The van der Waals surface area contributed by atoms with Crippen molar-refractivity contribution < 1.29 is 9.15 Å². The number of hydrogen-bond acceptors (Lipinski definition) is 5. The zero-order valence-corrected chi connectivity index (χ0v) is 14.5. The number of rotatable bonds is 6. The number of aromatic nitrogens is 3. The molecule has 8 heteroatoms. The summed E-state index contributed by atoms with van der Waals surface area (Å²) in [6.45, 7) is 0.495. The molecule has 2 aromatic heterocycles. The van der Waals surface area contributed by atoms with Gasteiger partial charge in [0.15, 0.2) is 16.7 Å². The third-order valence-corrected chi connectivity index (χ3v) is 4.56. The SMILES string of the molecule is Cn1c(SCCOc2ccc(Cl)cc2Cl)nnc1-c1ccco1. The highest BCUT2D eigenvalue weighted by Crippen LogP contribution is 2.28. The fraction of sp³-hybridized carbons (Fsp3) is 0.200. The molecule has 0 amide bonds. The Hall–Kier alpha value is -1.63. The summed E-state index contributed by atoms with van der Waals surface area (Å²) in [5.41, 5.74) is 0. The van der Waals surface area contributed by atoms with Crippen molar-refractivity contribution in [1.29, 1.82) is 0 Å². The predicted molar refractivity (Wildman–Crippen MR) is 91.4 cm³/mol. The Morgan fingerprint density at radius 1 is 1.26 bits per heavy atom. The van der Waals surface area contributed by atoms with E-state index in [1.165, 1.54) is 0 Å². The van der Waals surface area contributed by atoms with E-state index in [0.29, 0.717) is 39.7 Å². The van der Waals surface area contributed by atoms with Crippen molar-refractivity contribution in [2.24, 2.45) is 7.05 Å². The van der Waals surface area contributed by atoms with Gasteiger partial charge < -0.3 is 13.7 Å². The fourth-order valence-electron chi connectivity index (χ4n) is 1.94. The summed E-state index contributed by atoms with van der Waals surface area (Å²) in [4.78, 5) is 0. The van der Waals surface area contributed by atoms with Crippen LogP contribution in [0, 0.1) is 0 Å². The summed E-state index contributed by atoms with van der Waals surface area (Å²) in [5, 5.41) is 10.2. The molecule has 1 aromatic carbocycles. The molecule has 3 rings (SSSR count). The molecule has 23 heavy (non-hydrogen) atoms. The summed E-state index contributed by atoms with van der Waals surface area (Å²) in [7, 11) is 1.90. The van der Waals surface area contributed by atoms with E-state index in [9.17, 15) is 0 Å². The summed E-state index contributed by atoms with van der Waals surface area (Å²) in [6.07, 6.45) is 1.61. The number of benzene rings is 1. The lowest BCUT2D eigenvalue weighted by Crippen LogP contribution is -2.02. The van der Waals surface area contributed by atoms with Gasteiger partial charge in [0.2, 0.25) is 0 Å². The highest BCUT2D eigenvalue weighted by molar-refractivity contribution is 7.99. The van der Waals surface area contributed by atoms with Gasteiger partial charge in [-0.3, -0.25) is 0 Å². The summed E-state index contributed by atoms with van der Waals surface area (Å²) >= 11 is 13.5. The monoisotopic (exact) mass is 369 g/mol. The highest BCUT2D eigenvalue weighted by Gasteiger charge is 2.13. The fourth-order valence-corrected chi connectivity index (χ4v) is 3.13. The van der Waals surface area contributed by atoms with Gasteiger partial charge in [0.05, 0.1) is 17.9 Å². The number of ether oxygens (including phenoxy) is 1. The lowest BCUT2D eigenvalue weighted by Gasteiger charge is -2.08. The first-order valence-corrected chi connectivity index (χ1v) is 8.53. The van der Waals surface area contributed by atoms with Crippen LogP contribution in [-0.2, 0) is 7.05 Å². The maximum absolute atomic E-state index is 6.06. The molecule has 0 N–H and O–H groups in total. The van der Waals surface area contributed by atoms with Gasteiger partial charge in [-0.15, -0.1) is 10.2 Å². The Morgan fingerprint density at radius 2 is 2.13 bits per heavy atom. The quantitative estimate of drug-likeness (QED) is 0.471. The smallest absolute Gasteiger partial charge is 0.200 e. The molecular formula is C15H13Cl2N3O2S. The van der Waals surface area contributed by atoms with Gasteiger partial charge in [-0.1, -0.05) is 35.0 Å². The Morgan fingerprint density at radius 3 is 2.87 bits per heavy atom. The van der Waals surface area contributed by atoms with Gasteiger partial charge in [0.25, 0.3) is 0 Å². The van der Waals surface area contributed by atoms with Crippen molar-refractivity contribution in [3.63, 3.8) is 0 Å². The Kier molecular flexibility index (Phi) is 5.15. The van der Waals surface area contributed by atoms with Gasteiger partial charge in [-0.2, -0.15) is 0 Å². The first-order valence-electron chi connectivity index (χ1n) is 6.79. The molecule has 0 saturated carbocycles. The molecule has 2 heterocycles. The zero-order chi connectivity index (χ0) is 16.2. The second-order valence-electron chi connectivity index (χ2n) is 4.61. The Labute approximate surface area is 147 Å². The van der Waals surface area contributed by atoms with Crippen molar-refractivity contribution in [3.8, 4) is 17.3 Å². The molecule has 0 radical (unpaired) electrons. The van der Waals surface area contributed by atoms with E-state index in [1.54, 1.807) is 36.2 Å². The number of hydrogen-bond donors (Lipinski definition) is 0. The minimum atomic E-state index is 0.495. The van der Waals surface area contributed by atoms with Crippen LogP contribution < -0.4 is 4.74 Å². The average Bonchev–Trinajstić information content (AvgIpc) is 3.15. The Bertz CT molecular complexity index is 790. The van der Waals surface area contributed by atoms with Crippen LogP contribution in [0.25, 0.3) is 11.6 Å². The van der Waals surface area contributed by atoms with Crippen molar-refractivity contribution in [2.45, 2.75) is 5.16 Å². The molecule has 5 nitrogen and oxygen atoms in total. The predicted octanol–water partition coefficient (Wildman–Crippen LogP) is 4.55. The van der Waals surface area contributed by atoms with Crippen LogP contribution in [0.1, 0.15) is 0 Å². The highest BCUT2D eigenvalue weighted by atomic mass is 35.5. The maximum atomic E-state index is 6.06. The third-order valence-electron chi connectivity index (χ3n) is 3.04. The van der Waals surface area contributed by atoms with Crippen molar-refractivity contribution >= 4 is 35.0 Å². The average molecular weight is 370 g/mol. The third kappa shape index (κ3) is 3.83. The molecule has 0 unspecified atom stereocenters. The second kappa shape index (κ2) is 7.29. The standard InChI is InChI=1S/C15H13Cl2N3O2S/c1-20-14(13-3-2-6-21-13)18-19-15(20)23-8-7-22-12-5-4-10(16)9-11(12)17/h2-6,9H,7-8H2,1H3. The minimum Gasteiger partial charge on any atom is -0.491 e. The van der Waals surface area contributed by atoms with Crippen LogP contribution >= 0.6 is 35.0 Å². The molecular weight excluding hydrogens is 357 g/mol. The maximum Gasteiger partial charge on any atom is 0.200 e. The van der Waals surface area contributed by atoms with E-state index in [1.807, 2.05) is 23.7 Å². The topological polar surface area (TPSA) is 53.1 Å². The van der Waals surface area contributed by atoms with E-state index in [2.05, 4.69) is 10.2 Å². The number of furan rings is 1. The lowest BCUT2D eigenvalue weighted by atomic mass is 10.3. The first kappa shape index (κ1) is 16.2. The normalized spacial score (nSPS) is 10.9. The van der Waals surface area contributed by atoms with Crippen molar-refractivity contribution in [1.82, 2.24) is 14.8 Å². The van der Waals surface area contributed by atoms with E-state index < -0.39 is 0 Å². The largest absolute Gasteiger partial charge is 0.491 e. The lowest BCUT2D eigenvalue weighted by molar-refractivity contribution is 0.344. The number of halogens is 2. The zero-order valence-electron chi connectivity index (χ0n) is 12.2. The van der Waals surface area contributed by atoms with Crippen LogP contribution in [0.2, 0.25) is 10.0 Å².